The predicted molar refractivity (Wildman–Crippen MR) is 176 cm³/mol. The number of aliphatic hydroxyl groups is 4. The van der Waals surface area contributed by atoms with Crippen LogP contribution in [0.3, 0.4) is 0 Å². The minimum atomic E-state index is -3.64. The van der Waals surface area contributed by atoms with Crippen LogP contribution in [0.25, 0.3) is 0 Å². The van der Waals surface area contributed by atoms with Crippen LogP contribution in [0.1, 0.15) is 18.1 Å². The normalized spacial score (nSPS) is 12.4. The van der Waals surface area contributed by atoms with Crippen LogP contribution in [-0.2, 0) is 31.8 Å². The Morgan fingerprint density at radius 1 is 0.636 bits per heavy atom. The van der Waals surface area contributed by atoms with Crippen LogP contribution in [0.5, 0.6) is 0 Å². The average molecular weight is 677 g/mol. The van der Waals surface area contributed by atoms with E-state index in [4.69, 9.17) is 20.4 Å². The van der Waals surface area contributed by atoms with Crippen molar-refractivity contribution in [2.24, 2.45) is 0 Å². The maximum Gasteiger partial charge on any atom is 0.389 e. The highest BCUT2D eigenvalue weighted by molar-refractivity contribution is 7.99. The van der Waals surface area contributed by atoms with Crippen molar-refractivity contribution in [3.63, 3.8) is 0 Å². The molecule has 0 fully saturated rings. The van der Waals surface area contributed by atoms with Gasteiger partial charge in [-0.25, -0.2) is 8.42 Å². The zero-order chi connectivity index (χ0) is 32.7. The third-order valence-corrected chi connectivity index (χ3v) is 13.2. The molecule has 8 nitrogen and oxygen atoms in total. The number of aliphatic hydroxyl groups excluding tert-OH is 2. The largest absolute Gasteiger partial charge is 0.389 e. The summed E-state index contributed by atoms with van der Waals surface area (Å²) in [5.74, 6) is 0. The van der Waals surface area contributed by atoms with Crippen LogP contribution < -0.4 is 0 Å². The van der Waals surface area contributed by atoms with Gasteiger partial charge in [-0.05, 0) is 47.5 Å². The molecule has 4 N–H and O–H groups in total. The molecule has 4 aromatic rings. The van der Waals surface area contributed by atoms with Gasteiger partial charge in [0.1, 0.15) is 13.3 Å². The third-order valence-electron chi connectivity index (χ3n) is 6.12. The average Bonchev–Trinajstić information content (AvgIpc) is 2.99. The Kier molecular flexibility index (Phi) is 16.1. The number of hydrogen-bond donors (Lipinski definition) is 4. The first-order chi connectivity index (χ1) is 20.8. The Labute approximate surface area is 265 Å². The number of sulfone groups is 1. The van der Waals surface area contributed by atoms with Crippen molar-refractivity contribution in [1.82, 2.24) is 0 Å². The van der Waals surface area contributed by atoms with Crippen molar-refractivity contribution in [2.45, 2.75) is 57.3 Å². The van der Waals surface area contributed by atoms with Crippen LogP contribution in [0, 0.1) is 0 Å². The predicted octanol–water partition coefficient (Wildman–Crippen LogP) is 6.31. The Hall–Kier alpha value is -2.78. The first-order valence-corrected chi connectivity index (χ1v) is 19.4. The summed E-state index contributed by atoms with van der Waals surface area (Å²) in [6, 6.07) is 32.2. The van der Waals surface area contributed by atoms with Crippen molar-refractivity contribution in [3.05, 3.63) is 120 Å². The van der Waals surface area contributed by atoms with Crippen LogP contribution in [0.4, 0.5) is 0 Å². The summed E-state index contributed by atoms with van der Waals surface area (Å²) in [7, 11) is -6.11. The van der Waals surface area contributed by atoms with Gasteiger partial charge in [0.15, 0.2) is 12.6 Å². The maximum absolute atomic E-state index is 12.5. The Morgan fingerprint density at radius 2 is 1.07 bits per heavy atom. The fourth-order valence-electron chi connectivity index (χ4n) is 3.67. The van der Waals surface area contributed by atoms with E-state index in [1.165, 1.54) is 18.2 Å². The molecule has 4 aromatic carbocycles. The second kappa shape index (κ2) is 18.9. The molecule has 12 heteroatoms. The van der Waals surface area contributed by atoms with E-state index < -0.39 is 38.0 Å². The smallest absolute Gasteiger partial charge is 0.368 e. The number of hydrogen-bond acceptors (Lipinski definition) is 9. The minimum absolute atomic E-state index is 0.106. The van der Waals surface area contributed by atoms with E-state index in [1.807, 2.05) is 54.6 Å². The van der Waals surface area contributed by atoms with Gasteiger partial charge in [-0.15, -0.1) is 0 Å². The van der Waals surface area contributed by atoms with E-state index >= 15 is 0 Å². The zero-order valence-corrected chi connectivity index (χ0v) is 28.1. The van der Waals surface area contributed by atoms with Gasteiger partial charge in [0.05, 0.1) is 9.79 Å². The monoisotopic (exact) mass is 676 g/mol. The maximum atomic E-state index is 12.5. The molecule has 0 radical (unpaired) electrons. The van der Waals surface area contributed by atoms with Crippen LogP contribution >= 0.6 is 27.4 Å². The molecular weight excluding hydrogens is 638 g/mol. The van der Waals surface area contributed by atoms with E-state index in [0.717, 1.165) is 15.4 Å². The Balaban J connectivity index is 0.000000249. The van der Waals surface area contributed by atoms with Gasteiger partial charge in [-0.1, -0.05) is 93.7 Å². The molecule has 2 atom stereocenters. The second-order valence-corrected chi connectivity index (χ2v) is 16.7. The molecule has 0 spiro atoms. The molecule has 0 amide bonds. The van der Waals surface area contributed by atoms with E-state index in [2.05, 4.69) is 0 Å². The van der Waals surface area contributed by atoms with Gasteiger partial charge in [-0.3, -0.25) is 0 Å². The topological polar surface area (TPSA) is 149 Å². The van der Waals surface area contributed by atoms with E-state index in [0.29, 0.717) is 5.56 Å². The summed E-state index contributed by atoms with van der Waals surface area (Å²) in [6.07, 6.45) is -2.74. The molecule has 0 bridgehead atoms. The molecule has 0 aliphatic heterocycles. The van der Waals surface area contributed by atoms with Crippen molar-refractivity contribution >= 4 is 37.2 Å². The molecule has 0 heterocycles. The molecule has 44 heavy (non-hydrogen) atoms. The fourth-order valence-corrected chi connectivity index (χ4v) is 8.00. The summed E-state index contributed by atoms with van der Waals surface area (Å²) >= 11 is 1.63. The molecule has 0 aliphatic rings. The lowest BCUT2D eigenvalue weighted by Gasteiger charge is -2.11. The summed E-state index contributed by atoms with van der Waals surface area (Å²) in [6.45, 7) is 4.96. The van der Waals surface area contributed by atoms with Crippen molar-refractivity contribution in [1.29, 1.82) is 0 Å². The van der Waals surface area contributed by atoms with Gasteiger partial charge in [0, 0.05) is 29.6 Å². The van der Waals surface area contributed by atoms with E-state index in [-0.39, 0.29) is 28.0 Å². The van der Waals surface area contributed by atoms with Crippen LogP contribution in [-0.4, -0.2) is 60.2 Å². The number of benzene rings is 4. The third kappa shape index (κ3) is 12.7. The standard InChI is InChI=1S/C14H14O4S.C14H14O2S.C4H10O2P2/c15-14(16)10-11-6-4-5-9-13(11)19(17,18)12-7-2-1-3-8-12;15-14(16)10-11-6-4-5-9-13(11)17-12-7-2-1-3-8-12;1-4(7(2)5)8(3)6/h1-9,14-16H,10H2;1-9,14-16H,10H2;4H,1-3H3/q;;+2. The minimum Gasteiger partial charge on any atom is -0.368 e. The van der Waals surface area contributed by atoms with Gasteiger partial charge < -0.3 is 20.4 Å². The highest BCUT2D eigenvalue weighted by atomic mass is 32.2. The molecule has 0 aliphatic carbocycles. The van der Waals surface area contributed by atoms with Crippen LogP contribution in [0.2, 0.25) is 0 Å². The first kappa shape index (κ1) is 37.4. The summed E-state index contributed by atoms with van der Waals surface area (Å²) < 4.78 is 46.0. The van der Waals surface area contributed by atoms with Crippen molar-refractivity contribution in [3.8, 4) is 0 Å². The van der Waals surface area contributed by atoms with E-state index in [9.17, 15) is 17.5 Å². The molecule has 4 rings (SSSR count). The summed E-state index contributed by atoms with van der Waals surface area (Å²) in [5.41, 5.74) is 1.35. The van der Waals surface area contributed by atoms with E-state index in [1.54, 1.807) is 68.4 Å². The quantitative estimate of drug-likeness (QED) is 0.112. The highest BCUT2D eigenvalue weighted by Gasteiger charge is 2.34. The molecule has 0 aromatic heterocycles. The SMILES string of the molecule is CC([P+](C)=O)[P+](C)=O.O=S(=O)(c1ccccc1)c1ccccc1CC(O)O.OC(O)Cc1ccccc1Sc1ccccc1. The Bertz CT molecular complexity index is 1570. The van der Waals surface area contributed by atoms with Gasteiger partial charge in [0.25, 0.3) is 0 Å². The van der Waals surface area contributed by atoms with Crippen molar-refractivity contribution < 1.29 is 38.0 Å². The summed E-state index contributed by atoms with van der Waals surface area (Å²) in [4.78, 5) is 2.50. The van der Waals surface area contributed by atoms with Crippen molar-refractivity contribution in [2.75, 3.05) is 13.3 Å². The highest BCUT2D eigenvalue weighted by Crippen LogP contribution is 2.39. The lowest BCUT2D eigenvalue weighted by molar-refractivity contribution is -0.0392. The van der Waals surface area contributed by atoms with Gasteiger partial charge >= 0.3 is 21.0 Å². The molecular formula is C32H38O8P2S2+2. The molecule has 0 saturated carbocycles. The second-order valence-electron chi connectivity index (χ2n) is 9.54. The zero-order valence-electron chi connectivity index (χ0n) is 24.7. The van der Waals surface area contributed by atoms with Gasteiger partial charge in [0.2, 0.25) is 9.84 Å². The first-order valence-electron chi connectivity index (χ1n) is 13.5. The molecule has 234 valence electrons. The fraction of sp³-hybridized carbons (Fsp3) is 0.250. The molecule has 2 unspecified atom stereocenters. The summed E-state index contributed by atoms with van der Waals surface area (Å²) in [5, 5.41) is 36.0. The van der Waals surface area contributed by atoms with Crippen LogP contribution in [0.15, 0.2) is 129 Å². The lowest BCUT2D eigenvalue weighted by Crippen LogP contribution is -2.12. The lowest BCUT2D eigenvalue weighted by atomic mass is 10.1. The van der Waals surface area contributed by atoms with Gasteiger partial charge in [-0.2, -0.15) is 0 Å². The Morgan fingerprint density at radius 3 is 1.57 bits per heavy atom. The number of rotatable bonds is 10. The molecule has 0 saturated heterocycles.